The zero-order valence-corrected chi connectivity index (χ0v) is 16.3. The molecule has 0 saturated carbocycles. The normalized spacial score (nSPS) is 13.4. The summed E-state index contributed by atoms with van der Waals surface area (Å²) in [6.07, 6.45) is -1.82. The van der Waals surface area contributed by atoms with Crippen molar-refractivity contribution in [2.75, 3.05) is 17.7 Å². The molecule has 0 saturated heterocycles. The number of fused-ring (bicyclic) bond motifs is 1. The standard InChI is InChI=1S/C19H20F3N3O3S/c20-19(21,22)13-6-1-2-7-14(13)23-16(27)11-29-17-12-5-3-8-15(12)25(9-4-10-26)18(28)24-17/h1-2,6-7,26H,3-5,8-11H2,(H,23,27). The molecule has 0 atom stereocenters. The zero-order valence-electron chi connectivity index (χ0n) is 15.5. The quantitative estimate of drug-likeness (QED) is 0.524. The zero-order chi connectivity index (χ0) is 21.0. The van der Waals surface area contributed by atoms with E-state index in [1.54, 1.807) is 4.57 Å². The van der Waals surface area contributed by atoms with Gasteiger partial charge in [-0.15, -0.1) is 0 Å². The van der Waals surface area contributed by atoms with E-state index in [2.05, 4.69) is 10.3 Å². The van der Waals surface area contributed by atoms with Crippen LogP contribution in [0.15, 0.2) is 34.1 Å². The summed E-state index contributed by atoms with van der Waals surface area (Å²) < 4.78 is 40.7. The maximum atomic E-state index is 13.1. The largest absolute Gasteiger partial charge is 0.418 e. The molecule has 2 N–H and O–H groups in total. The summed E-state index contributed by atoms with van der Waals surface area (Å²) in [5.41, 5.74) is 0.108. The van der Waals surface area contributed by atoms with Gasteiger partial charge in [0, 0.05) is 24.4 Å². The summed E-state index contributed by atoms with van der Waals surface area (Å²) in [6.45, 7) is 0.349. The smallest absolute Gasteiger partial charge is 0.396 e. The van der Waals surface area contributed by atoms with Crippen LogP contribution < -0.4 is 11.0 Å². The Labute approximate surface area is 169 Å². The van der Waals surface area contributed by atoms with Crippen LogP contribution in [0.4, 0.5) is 18.9 Å². The number of carbonyl (C=O) groups is 1. The molecule has 1 aliphatic rings. The molecular weight excluding hydrogens is 407 g/mol. The van der Waals surface area contributed by atoms with Crippen molar-refractivity contribution in [2.45, 2.75) is 43.4 Å². The molecule has 10 heteroatoms. The Hall–Kier alpha value is -2.33. The van der Waals surface area contributed by atoms with Gasteiger partial charge >= 0.3 is 11.9 Å². The first-order valence-electron chi connectivity index (χ1n) is 9.13. The van der Waals surface area contributed by atoms with E-state index in [1.165, 1.54) is 18.2 Å². The Balaban J connectivity index is 1.73. The van der Waals surface area contributed by atoms with Gasteiger partial charge in [0.05, 0.1) is 17.0 Å². The van der Waals surface area contributed by atoms with Crippen LogP contribution in [-0.4, -0.2) is 32.9 Å². The van der Waals surface area contributed by atoms with Gasteiger partial charge in [0.1, 0.15) is 5.03 Å². The highest BCUT2D eigenvalue weighted by Gasteiger charge is 2.33. The summed E-state index contributed by atoms with van der Waals surface area (Å²) in [5.74, 6) is -0.768. The maximum Gasteiger partial charge on any atom is 0.418 e. The molecule has 1 aromatic heterocycles. The second kappa shape index (κ2) is 9.00. The molecule has 1 amide bonds. The number of nitrogens with one attached hydrogen (secondary N) is 1. The Bertz CT molecular complexity index is 960. The molecule has 2 aromatic rings. The maximum absolute atomic E-state index is 13.1. The molecule has 156 valence electrons. The molecule has 0 spiro atoms. The predicted octanol–water partition coefficient (Wildman–Crippen LogP) is 2.86. The number of benzene rings is 1. The summed E-state index contributed by atoms with van der Waals surface area (Å²) >= 11 is 1.05. The van der Waals surface area contributed by atoms with Crippen LogP contribution in [0.3, 0.4) is 0 Å². The molecule has 1 aromatic carbocycles. The lowest BCUT2D eigenvalue weighted by Gasteiger charge is -2.15. The van der Waals surface area contributed by atoms with Gasteiger partial charge in [-0.3, -0.25) is 9.36 Å². The fraction of sp³-hybridized carbons (Fsp3) is 0.421. The van der Waals surface area contributed by atoms with E-state index in [1.807, 2.05) is 0 Å². The summed E-state index contributed by atoms with van der Waals surface area (Å²) in [5, 5.41) is 11.7. The van der Waals surface area contributed by atoms with Crippen LogP contribution in [0.5, 0.6) is 0 Å². The second-order valence-electron chi connectivity index (χ2n) is 6.59. The number of alkyl halides is 3. The fourth-order valence-electron chi connectivity index (χ4n) is 3.32. The molecule has 1 aliphatic carbocycles. The second-order valence-corrected chi connectivity index (χ2v) is 7.55. The highest BCUT2D eigenvalue weighted by molar-refractivity contribution is 8.00. The third-order valence-corrected chi connectivity index (χ3v) is 5.60. The van der Waals surface area contributed by atoms with E-state index in [9.17, 15) is 22.8 Å². The van der Waals surface area contributed by atoms with E-state index >= 15 is 0 Å². The number of halogens is 3. The van der Waals surface area contributed by atoms with Crippen molar-refractivity contribution in [2.24, 2.45) is 0 Å². The SMILES string of the molecule is O=C(CSc1nc(=O)n(CCCO)c2c1CCC2)Nc1ccccc1C(F)(F)F. The first kappa shape index (κ1) is 21.4. The molecule has 29 heavy (non-hydrogen) atoms. The molecule has 1 heterocycles. The lowest BCUT2D eigenvalue weighted by atomic mass is 10.1. The molecule has 0 bridgehead atoms. The van der Waals surface area contributed by atoms with E-state index in [0.29, 0.717) is 18.0 Å². The van der Waals surface area contributed by atoms with E-state index in [0.717, 1.165) is 48.3 Å². The number of anilines is 1. The molecule has 0 unspecified atom stereocenters. The third kappa shape index (κ3) is 4.99. The molecule has 0 radical (unpaired) electrons. The highest BCUT2D eigenvalue weighted by atomic mass is 32.2. The molecular formula is C19H20F3N3O3S. The van der Waals surface area contributed by atoms with Gasteiger partial charge in [-0.2, -0.15) is 18.2 Å². The number of carbonyl (C=O) groups excluding carboxylic acids is 1. The van der Waals surface area contributed by atoms with Crippen LogP contribution in [0, 0.1) is 0 Å². The number of thioether (sulfide) groups is 1. The van der Waals surface area contributed by atoms with Crippen molar-refractivity contribution >= 4 is 23.4 Å². The minimum atomic E-state index is -4.57. The highest BCUT2D eigenvalue weighted by Crippen LogP contribution is 2.35. The van der Waals surface area contributed by atoms with Crippen molar-refractivity contribution in [1.29, 1.82) is 0 Å². The molecule has 0 fully saturated rings. The minimum absolute atomic E-state index is 0.0305. The van der Waals surface area contributed by atoms with Gasteiger partial charge in [-0.05, 0) is 37.8 Å². The number of aliphatic hydroxyl groups is 1. The van der Waals surface area contributed by atoms with Gasteiger partial charge in [-0.1, -0.05) is 23.9 Å². The first-order chi connectivity index (χ1) is 13.8. The van der Waals surface area contributed by atoms with Crippen LogP contribution in [0.1, 0.15) is 29.7 Å². The Kier molecular flexibility index (Phi) is 6.63. The third-order valence-electron chi connectivity index (χ3n) is 4.59. The fourth-order valence-corrected chi connectivity index (χ4v) is 4.20. The van der Waals surface area contributed by atoms with Crippen molar-refractivity contribution in [3.8, 4) is 0 Å². The monoisotopic (exact) mass is 427 g/mol. The Morgan fingerprint density at radius 1 is 1.28 bits per heavy atom. The summed E-state index contributed by atoms with van der Waals surface area (Å²) in [4.78, 5) is 28.6. The van der Waals surface area contributed by atoms with Gasteiger partial charge in [0.2, 0.25) is 5.91 Å². The first-order valence-corrected chi connectivity index (χ1v) is 10.1. The lowest BCUT2D eigenvalue weighted by molar-refractivity contribution is -0.137. The molecule has 6 nitrogen and oxygen atoms in total. The Morgan fingerprint density at radius 2 is 2.03 bits per heavy atom. The Morgan fingerprint density at radius 3 is 2.76 bits per heavy atom. The number of aliphatic hydroxyl groups excluding tert-OH is 1. The van der Waals surface area contributed by atoms with Crippen molar-refractivity contribution in [3.63, 3.8) is 0 Å². The van der Waals surface area contributed by atoms with Gasteiger partial charge < -0.3 is 10.4 Å². The molecule has 3 rings (SSSR count). The van der Waals surface area contributed by atoms with Crippen LogP contribution in [0.2, 0.25) is 0 Å². The predicted molar refractivity (Wildman–Crippen MR) is 103 cm³/mol. The van der Waals surface area contributed by atoms with E-state index in [4.69, 9.17) is 5.11 Å². The number of aromatic nitrogens is 2. The minimum Gasteiger partial charge on any atom is -0.396 e. The summed E-state index contributed by atoms with van der Waals surface area (Å²) in [7, 11) is 0. The number of hydrogen-bond donors (Lipinski definition) is 2. The molecule has 0 aliphatic heterocycles. The van der Waals surface area contributed by atoms with Crippen molar-refractivity contribution in [3.05, 3.63) is 51.6 Å². The van der Waals surface area contributed by atoms with Gasteiger partial charge in [-0.25, -0.2) is 4.79 Å². The van der Waals surface area contributed by atoms with E-state index < -0.39 is 23.3 Å². The van der Waals surface area contributed by atoms with Crippen molar-refractivity contribution in [1.82, 2.24) is 9.55 Å². The topological polar surface area (TPSA) is 84.2 Å². The van der Waals surface area contributed by atoms with Crippen LogP contribution in [0.25, 0.3) is 0 Å². The number of para-hydroxylation sites is 1. The number of amides is 1. The van der Waals surface area contributed by atoms with Crippen molar-refractivity contribution < 1.29 is 23.1 Å². The number of rotatable bonds is 7. The van der Waals surface area contributed by atoms with E-state index in [-0.39, 0.29) is 18.0 Å². The van der Waals surface area contributed by atoms with Gasteiger partial charge in [0.25, 0.3) is 0 Å². The average Bonchev–Trinajstić information content (AvgIpc) is 3.15. The lowest BCUT2D eigenvalue weighted by Crippen LogP contribution is -2.28. The number of hydrogen-bond acceptors (Lipinski definition) is 5. The summed E-state index contributed by atoms with van der Waals surface area (Å²) in [6, 6.07) is 4.78. The van der Waals surface area contributed by atoms with Crippen LogP contribution in [-0.2, 0) is 30.4 Å². The van der Waals surface area contributed by atoms with Gasteiger partial charge in [0.15, 0.2) is 0 Å². The van der Waals surface area contributed by atoms with Crippen LogP contribution >= 0.6 is 11.8 Å². The number of nitrogens with zero attached hydrogens (tertiary/aromatic N) is 2. The average molecular weight is 427 g/mol.